The maximum Gasteiger partial charge on any atom is 0.420 e. The summed E-state index contributed by atoms with van der Waals surface area (Å²) in [6, 6.07) is 13.7. The van der Waals surface area contributed by atoms with Gasteiger partial charge in [-0.15, -0.1) is 0 Å². The van der Waals surface area contributed by atoms with Gasteiger partial charge in [-0.25, -0.2) is 19.3 Å². The van der Waals surface area contributed by atoms with E-state index < -0.39 is 18.0 Å². The summed E-state index contributed by atoms with van der Waals surface area (Å²) in [5.41, 5.74) is 2.78. The molecule has 0 spiro atoms. The Hall–Kier alpha value is -3.99. The number of halogens is 1. The van der Waals surface area contributed by atoms with Crippen molar-refractivity contribution in [2.75, 3.05) is 18.6 Å². The summed E-state index contributed by atoms with van der Waals surface area (Å²) < 4.78 is 14.1. The number of benzene rings is 1. The summed E-state index contributed by atoms with van der Waals surface area (Å²) in [6.07, 6.45) is 2.90. The van der Waals surface area contributed by atoms with Crippen molar-refractivity contribution in [3.63, 3.8) is 0 Å². The van der Waals surface area contributed by atoms with E-state index in [2.05, 4.69) is 10.1 Å². The number of hydrogen-bond acceptors (Lipinski definition) is 8. The molecule has 10 nitrogen and oxygen atoms in total. The van der Waals surface area contributed by atoms with Gasteiger partial charge in [0.15, 0.2) is 11.9 Å². The van der Waals surface area contributed by atoms with Gasteiger partial charge in [-0.05, 0) is 39.3 Å². The zero-order chi connectivity index (χ0) is 28.6. The van der Waals surface area contributed by atoms with Crippen LogP contribution in [0.3, 0.4) is 0 Å². The van der Waals surface area contributed by atoms with Crippen molar-refractivity contribution in [2.45, 2.75) is 46.1 Å². The van der Waals surface area contributed by atoms with Crippen LogP contribution in [0, 0.1) is 0 Å². The van der Waals surface area contributed by atoms with E-state index in [1.807, 2.05) is 48.3 Å². The predicted molar refractivity (Wildman–Crippen MR) is 153 cm³/mol. The molecule has 1 unspecified atom stereocenters. The van der Waals surface area contributed by atoms with E-state index in [1.165, 1.54) is 10.8 Å². The molecular formula is C29H31ClN6O4. The van der Waals surface area contributed by atoms with E-state index in [4.69, 9.17) is 26.1 Å². The van der Waals surface area contributed by atoms with Crippen LogP contribution in [0.1, 0.15) is 45.1 Å². The monoisotopic (exact) mass is 562 g/mol. The molecule has 1 aromatic carbocycles. The average molecular weight is 563 g/mol. The first kappa shape index (κ1) is 27.6. The van der Waals surface area contributed by atoms with Gasteiger partial charge >= 0.3 is 6.09 Å². The van der Waals surface area contributed by atoms with Crippen LogP contribution in [0.25, 0.3) is 27.9 Å². The molecule has 0 bridgehead atoms. The van der Waals surface area contributed by atoms with Gasteiger partial charge in [-0.3, -0.25) is 0 Å². The Balaban J connectivity index is 1.72. The third kappa shape index (κ3) is 5.51. The van der Waals surface area contributed by atoms with Crippen LogP contribution in [0.4, 0.5) is 10.6 Å². The molecule has 40 heavy (non-hydrogen) atoms. The number of carbonyl (C=O) groups is 1. The number of hydrogen-bond donors (Lipinski definition) is 1. The molecule has 0 aliphatic carbocycles. The first-order valence-electron chi connectivity index (χ1n) is 12.9. The molecule has 0 radical (unpaired) electrons. The number of nitrogens with zero attached hydrogens (tertiary/aromatic N) is 6. The molecule has 11 heteroatoms. The third-order valence-electron chi connectivity index (χ3n) is 6.20. The number of anilines is 1. The maximum atomic E-state index is 13.1. The maximum absolute atomic E-state index is 13.1. The molecule has 0 fully saturated rings. The second-order valence-electron chi connectivity index (χ2n) is 10.4. The number of aliphatic hydroxyl groups is 1. The summed E-state index contributed by atoms with van der Waals surface area (Å²) in [5, 5.41) is 16.3. The Bertz CT molecular complexity index is 1680. The first-order chi connectivity index (χ1) is 19.1. The highest BCUT2D eigenvalue weighted by Crippen LogP contribution is 2.34. The highest BCUT2D eigenvalue weighted by Gasteiger charge is 2.25. The van der Waals surface area contributed by atoms with Gasteiger partial charge in [-0.2, -0.15) is 9.61 Å². The van der Waals surface area contributed by atoms with Crippen LogP contribution in [0.2, 0.25) is 5.02 Å². The SMILES string of the molecule is CCOC(O)c1cnn2c(N(C)Cc3ccccc3)cc(-c3cn(C(=O)OC(C)(C)C)c4ncc(Cl)cc34)nc12. The lowest BCUT2D eigenvalue weighted by atomic mass is 10.1. The molecule has 4 aromatic heterocycles. The predicted octanol–water partition coefficient (Wildman–Crippen LogP) is 5.85. The summed E-state index contributed by atoms with van der Waals surface area (Å²) in [4.78, 5) is 24.5. The Kier molecular flexibility index (Phi) is 7.50. The summed E-state index contributed by atoms with van der Waals surface area (Å²) in [5.74, 6) is 0.715. The minimum Gasteiger partial charge on any atom is -0.443 e. The van der Waals surface area contributed by atoms with Gasteiger partial charge in [0.1, 0.15) is 17.1 Å². The zero-order valence-electron chi connectivity index (χ0n) is 23.0. The second-order valence-corrected chi connectivity index (χ2v) is 10.8. The summed E-state index contributed by atoms with van der Waals surface area (Å²) in [7, 11) is 1.95. The molecular weight excluding hydrogens is 532 g/mol. The van der Waals surface area contributed by atoms with Crippen molar-refractivity contribution in [3.8, 4) is 11.3 Å². The number of rotatable bonds is 7. The molecule has 0 saturated heterocycles. The van der Waals surface area contributed by atoms with Crippen molar-refractivity contribution < 1.29 is 19.4 Å². The standard InChI is InChI=1S/C29H31ClN6O4/c1-6-39-27(37)21-15-32-36-24(34(5)16-18-10-8-7-9-11-18)13-23(33-26(21)36)22-17-35(28(38)40-29(2,3)4)25-20(22)12-19(30)14-31-25/h7-15,17,27,37H,6,16H2,1-5H3. The van der Waals surface area contributed by atoms with Gasteiger partial charge in [-0.1, -0.05) is 41.9 Å². The van der Waals surface area contributed by atoms with E-state index in [1.54, 1.807) is 50.7 Å². The van der Waals surface area contributed by atoms with Crippen LogP contribution >= 0.6 is 11.6 Å². The highest BCUT2D eigenvalue weighted by molar-refractivity contribution is 6.31. The average Bonchev–Trinajstić information content (AvgIpc) is 3.49. The Morgan fingerprint density at radius 2 is 1.90 bits per heavy atom. The van der Waals surface area contributed by atoms with Gasteiger partial charge < -0.3 is 19.5 Å². The van der Waals surface area contributed by atoms with Gasteiger partial charge in [0, 0.05) is 49.6 Å². The molecule has 1 N–H and O–H groups in total. The van der Waals surface area contributed by atoms with Crippen LogP contribution in [-0.2, 0) is 16.0 Å². The number of fused-ring (bicyclic) bond motifs is 2. The molecule has 0 aliphatic heterocycles. The first-order valence-corrected chi connectivity index (χ1v) is 13.3. The number of ether oxygens (including phenoxy) is 2. The number of carbonyl (C=O) groups excluding carboxylic acids is 1. The van der Waals surface area contributed by atoms with Crippen molar-refractivity contribution in [1.29, 1.82) is 0 Å². The van der Waals surface area contributed by atoms with Crippen LogP contribution in [0.15, 0.2) is 61.1 Å². The summed E-state index contributed by atoms with van der Waals surface area (Å²) >= 11 is 6.34. The van der Waals surface area contributed by atoms with Crippen molar-refractivity contribution in [2.24, 2.45) is 0 Å². The number of pyridine rings is 1. The van der Waals surface area contributed by atoms with Gasteiger partial charge in [0.25, 0.3) is 0 Å². The van der Waals surface area contributed by atoms with E-state index in [-0.39, 0.29) is 0 Å². The van der Waals surface area contributed by atoms with Crippen molar-refractivity contribution in [1.82, 2.24) is 24.1 Å². The molecule has 5 aromatic rings. The molecule has 5 rings (SSSR count). The second kappa shape index (κ2) is 10.9. The minimum absolute atomic E-state index is 0.312. The Morgan fingerprint density at radius 1 is 1.15 bits per heavy atom. The van der Waals surface area contributed by atoms with Crippen LogP contribution < -0.4 is 4.90 Å². The lowest BCUT2D eigenvalue weighted by Gasteiger charge is -2.21. The molecule has 1 atom stereocenters. The Morgan fingerprint density at radius 3 is 2.60 bits per heavy atom. The number of aromatic nitrogens is 5. The fraction of sp³-hybridized carbons (Fsp3) is 0.310. The van der Waals surface area contributed by atoms with Crippen molar-refractivity contribution in [3.05, 3.63) is 77.2 Å². The summed E-state index contributed by atoms with van der Waals surface area (Å²) in [6.45, 7) is 8.11. The van der Waals surface area contributed by atoms with E-state index in [0.717, 1.165) is 5.56 Å². The fourth-order valence-corrected chi connectivity index (χ4v) is 4.63. The fourth-order valence-electron chi connectivity index (χ4n) is 4.47. The zero-order valence-corrected chi connectivity index (χ0v) is 23.8. The molecule has 208 valence electrons. The molecule has 0 aliphatic rings. The molecule has 4 heterocycles. The van der Waals surface area contributed by atoms with Crippen LogP contribution in [-0.4, -0.2) is 54.6 Å². The van der Waals surface area contributed by atoms with E-state index >= 15 is 0 Å². The largest absolute Gasteiger partial charge is 0.443 e. The van der Waals surface area contributed by atoms with E-state index in [0.29, 0.717) is 57.5 Å². The highest BCUT2D eigenvalue weighted by atomic mass is 35.5. The van der Waals surface area contributed by atoms with Gasteiger partial charge in [0.2, 0.25) is 0 Å². The third-order valence-corrected chi connectivity index (χ3v) is 6.41. The van der Waals surface area contributed by atoms with Crippen molar-refractivity contribution >= 4 is 40.2 Å². The van der Waals surface area contributed by atoms with Crippen LogP contribution in [0.5, 0.6) is 0 Å². The lowest BCUT2D eigenvalue weighted by molar-refractivity contribution is -0.0971. The normalized spacial score (nSPS) is 12.7. The van der Waals surface area contributed by atoms with Gasteiger partial charge in [0.05, 0.1) is 22.5 Å². The molecule has 0 saturated carbocycles. The smallest absolute Gasteiger partial charge is 0.420 e. The quantitative estimate of drug-likeness (QED) is 0.246. The Labute approximate surface area is 236 Å². The minimum atomic E-state index is -1.21. The van der Waals surface area contributed by atoms with E-state index in [9.17, 15) is 9.90 Å². The molecule has 0 amide bonds. The number of aliphatic hydroxyl groups excluding tert-OH is 1. The lowest BCUT2D eigenvalue weighted by Crippen LogP contribution is -2.26. The topological polar surface area (TPSA) is 107 Å².